The van der Waals surface area contributed by atoms with Gasteiger partial charge in [0.05, 0.1) is 30.3 Å². The van der Waals surface area contributed by atoms with Crippen LogP contribution in [0.25, 0.3) is 22.3 Å². The third-order valence-electron chi connectivity index (χ3n) is 4.61. The Hall–Kier alpha value is -1.98. The lowest BCUT2D eigenvalue weighted by atomic mass is 10.1. The van der Waals surface area contributed by atoms with Crippen LogP contribution in [0.4, 0.5) is 0 Å². The van der Waals surface area contributed by atoms with Gasteiger partial charge in [0.15, 0.2) is 0 Å². The molecule has 0 saturated heterocycles. The van der Waals surface area contributed by atoms with E-state index in [4.69, 9.17) is 20.6 Å². The standard InChI is InChI=1S/C22H26ClN2O4P/c1-4-12-28-30(27,29-13-5-2)15-16-6-8-17(9-7-16)21-24-20-14-18(23)10-11-19(20)22(26)25(21)3/h6-11,14H,4-5,12-13,15H2,1-3H3. The predicted octanol–water partition coefficient (Wildman–Crippen LogP) is 5.80. The molecule has 3 aromatic rings. The molecule has 1 aromatic heterocycles. The van der Waals surface area contributed by atoms with E-state index < -0.39 is 7.60 Å². The van der Waals surface area contributed by atoms with Crippen molar-refractivity contribution < 1.29 is 13.6 Å². The average molecular weight is 449 g/mol. The van der Waals surface area contributed by atoms with Crippen molar-refractivity contribution in [1.29, 1.82) is 0 Å². The third-order valence-corrected chi connectivity index (χ3v) is 6.75. The monoisotopic (exact) mass is 448 g/mol. The van der Waals surface area contributed by atoms with Crippen LogP contribution < -0.4 is 5.56 Å². The van der Waals surface area contributed by atoms with Crippen LogP contribution in [0.5, 0.6) is 0 Å². The van der Waals surface area contributed by atoms with Crippen LogP contribution in [0.15, 0.2) is 47.3 Å². The number of aromatic nitrogens is 2. The highest BCUT2D eigenvalue weighted by molar-refractivity contribution is 7.53. The summed E-state index contributed by atoms with van der Waals surface area (Å²) in [5.41, 5.74) is 2.03. The summed E-state index contributed by atoms with van der Waals surface area (Å²) in [5, 5.41) is 1.05. The average Bonchev–Trinajstić information content (AvgIpc) is 2.74. The topological polar surface area (TPSA) is 70.4 Å². The van der Waals surface area contributed by atoms with Crippen molar-refractivity contribution in [2.75, 3.05) is 13.2 Å². The number of rotatable bonds is 9. The zero-order chi connectivity index (χ0) is 21.7. The lowest BCUT2D eigenvalue weighted by molar-refractivity contribution is 0.203. The number of benzene rings is 2. The van der Waals surface area contributed by atoms with Gasteiger partial charge in [-0.15, -0.1) is 0 Å². The van der Waals surface area contributed by atoms with Crippen LogP contribution in [0.1, 0.15) is 32.3 Å². The summed E-state index contributed by atoms with van der Waals surface area (Å²) < 4.78 is 25.7. The van der Waals surface area contributed by atoms with Gasteiger partial charge < -0.3 is 9.05 Å². The van der Waals surface area contributed by atoms with Gasteiger partial charge in [-0.3, -0.25) is 13.9 Å². The van der Waals surface area contributed by atoms with Gasteiger partial charge in [0, 0.05) is 17.6 Å². The van der Waals surface area contributed by atoms with Gasteiger partial charge in [-0.1, -0.05) is 49.7 Å². The molecule has 1 heterocycles. The number of hydrogen-bond acceptors (Lipinski definition) is 5. The first kappa shape index (κ1) is 22.7. The minimum Gasteiger partial charge on any atom is -0.308 e. The van der Waals surface area contributed by atoms with E-state index in [9.17, 15) is 9.36 Å². The summed E-state index contributed by atoms with van der Waals surface area (Å²) in [6.45, 7) is 4.72. The van der Waals surface area contributed by atoms with Crippen LogP contribution in [0.2, 0.25) is 5.02 Å². The molecule has 0 aliphatic rings. The van der Waals surface area contributed by atoms with Crippen LogP contribution in [0, 0.1) is 0 Å². The van der Waals surface area contributed by atoms with Crippen molar-refractivity contribution in [3.63, 3.8) is 0 Å². The van der Waals surface area contributed by atoms with Crippen molar-refractivity contribution >= 4 is 30.1 Å². The van der Waals surface area contributed by atoms with Gasteiger partial charge in [0.25, 0.3) is 5.56 Å². The Labute approximate surface area is 181 Å². The number of fused-ring (bicyclic) bond motifs is 1. The quantitative estimate of drug-likeness (QED) is 0.387. The van der Waals surface area contributed by atoms with Crippen LogP contribution in [-0.4, -0.2) is 22.8 Å². The number of nitrogens with zero attached hydrogens (tertiary/aromatic N) is 2. The highest BCUT2D eigenvalue weighted by atomic mass is 35.5. The summed E-state index contributed by atoms with van der Waals surface area (Å²) in [6, 6.07) is 12.5. The van der Waals surface area contributed by atoms with Gasteiger partial charge in [-0.2, -0.15) is 0 Å². The zero-order valence-electron chi connectivity index (χ0n) is 17.4. The molecule has 0 bridgehead atoms. The van der Waals surface area contributed by atoms with Gasteiger partial charge in [-0.05, 0) is 36.6 Å². The minimum absolute atomic E-state index is 0.138. The summed E-state index contributed by atoms with van der Waals surface area (Å²) in [6.07, 6.45) is 1.74. The molecule has 0 spiro atoms. The minimum atomic E-state index is -3.20. The van der Waals surface area contributed by atoms with Gasteiger partial charge >= 0.3 is 7.60 Å². The molecule has 0 unspecified atom stereocenters. The first-order chi connectivity index (χ1) is 14.4. The molecular weight excluding hydrogens is 423 g/mol. The lowest BCUT2D eigenvalue weighted by Gasteiger charge is -2.18. The van der Waals surface area contributed by atoms with Crippen molar-refractivity contribution in [3.8, 4) is 11.4 Å². The molecule has 2 aromatic carbocycles. The third kappa shape index (κ3) is 5.19. The second-order valence-corrected chi connectivity index (χ2v) is 9.58. The van der Waals surface area contributed by atoms with Crippen molar-refractivity contribution in [2.24, 2.45) is 7.05 Å². The van der Waals surface area contributed by atoms with Crippen LogP contribution in [0.3, 0.4) is 0 Å². The fourth-order valence-corrected chi connectivity index (χ4v) is 5.08. The Morgan fingerprint density at radius 3 is 2.27 bits per heavy atom. The Morgan fingerprint density at radius 1 is 1.03 bits per heavy atom. The second kappa shape index (κ2) is 9.88. The largest absolute Gasteiger partial charge is 0.335 e. The number of halogens is 1. The molecule has 30 heavy (non-hydrogen) atoms. The first-order valence-corrected chi connectivity index (χ1v) is 12.1. The second-order valence-electron chi connectivity index (χ2n) is 7.09. The molecule has 0 saturated carbocycles. The Kier molecular flexibility index (Phi) is 7.48. The van der Waals surface area contributed by atoms with Crippen molar-refractivity contribution in [3.05, 3.63) is 63.4 Å². The Bertz CT molecular complexity index is 1120. The van der Waals surface area contributed by atoms with E-state index in [2.05, 4.69) is 4.98 Å². The summed E-state index contributed by atoms with van der Waals surface area (Å²) in [7, 11) is -1.51. The number of hydrogen-bond donors (Lipinski definition) is 0. The maximum atomic E-state index is 13.0. The van der Waals surface area contributed by atoms with Crippen LogP contribution in [-0.2, 0) is 26.8 Å². The SMILES string of the molecule is CCCOP(=O)(Cc1ccc(-c2nc3cc(Cl)ccc3c(=O)n2C)cc1)OCCC. The van der Waals surface area contributed by atoms with Gasteiger partial charge in [-0.25, -0.2) is 4.98 Å². The normalized spacial score (nSPS) is 11.9. The molecule has 0 fully saturated rings. The molecule has 8 heteroatoms. The van der Waals surface area contributed by atoms with Gasteiger partial charge in [0.2, 0.25) is 0 Å². The fraction of sp³-hybridized carbons (Fsp3) is 0.364. The first-order valence-electron chi connectivity index (χ1n) is 10.0. The molecule has 6 nitrogen and oxygen atoms in total. The van der Waals surface area contributed by atoms with E-state index in [1.54, 1.807) is 25.2 Å². The smallest absolute Gasteiger partial charge is 0.308 e. The van der Waals surface area contributed by atoms with E-state index in [0.29, 0.717) is 35.0 Å². The van der Waals surface area contributed by atoms with Crippen LogP contribution >= 0.6 is 19.2 Å². The molecule has 160 valence electrons. The summed E-state index contributed by atoms with van der Waals surface area (Å²) >= 11 is 6.06. The predicted molar refractivity (Wildman–Crippen MR) is 121 cm³/mol. The molecular formula is C22H26ClN2O4P. The molecule has 0 atom stereocenters. The van der Waals surface area contributed by atoms with E-state index >= 15 is 0 Å². The molecule has 3 rings (SSSR count). The van der Waals surface area contributed by atoms with Crippen molar-refractivity contribution in [2.45, 2.75) is 32.9 Å². The Balaban J connectivity index is 1.91. The maximum Gasteiger partial charge on any atom is 0.335 e. The molecule has 0 N–H and O–H groups in total. The van der Waals surface area contributed by atoms with E-state index in [-0.39, 0.29) is 11.7 Å². The van der Waals surface area contributed by atoms with Gasteiger partial charge in [0.1, 0.15) is 5.82 Å². The van der Waals surface area contributed by atoms with E-state index in [1.807, 2.05) is 38.1 Å². The maximum absolute atomic E-state index is 13.0. The highest BCUT2D eigenvalue weighted by Crippen LogP contribution is 2.51. The summed E-state index contributed by atoms with van der Waals surface area (Å²) in [4.78, 5) is 17.3. The molecule has 0 amide bonds. The van der Waals surface area contributed by atoms with E-state index in [0.717, 1.165) is 24.0 Å². The fourth-order valence-electron chi connectivity index (χ4n) is 3.07. The summed E-state index contributed by atoms with van der Waals surface area (Å²) in [5.74, 6) is 0.536. The molecule has 0 aliphatic heterocycles. The van der Waals surface area contributed by atoms with Crippen molar-refractivity contribution in [1.82, 2.24) is 9.55 Å². The molecule has 0 aliphatic carbocycles. The lowest BCUT2D eigenvalue weighted by Crippen LogP contribution is -2.20. The Morgan fingerprint density at radius 2 is 1.67 bits per heavy atom. The molecule has 0 radical (unpaired) electrons. The highest BCUT2D eigenvalue weighted by Gasteiger charge is 2.25. The van der Waals surface area contributed by atoms with E-state index in [1.165, 1.54) is 4.57 Å². The zero-order valence-corrected chi connectivity index (χ0v) is 19.1.